The van der Waals surface area contributed by atoms with E-state index in [1.807, 2.05) is 38.1 Å². The molecule has 4 heteroatoms. The fraction of sp³-hybridized carbons (Fsp3) is 0.632. The van der Waals surface area contributed by atoms with E-state index in [1.54, 1.807) is 0 Å². The van der Waals surface area contributed by atoms with Crippen LogP contribution in [0, 0.1) is 0 Å². The Balaban J connectivity index is 2.01. The summed E-state index contributed by atoms with van der Waals surface area (Å²) in [5.74, 6) is 0.778. The maximum Gasteiger partial charge on any atom is 0.251 e. The van der Waals surface area contributed by atoms with Crippen molar-refractivity contribution in [2.45, 2.75) is 77.6 Å². The van der Waals surface area contributed by atoms with Crippen molar-refractivity contribution in [3.05, 3.63) is 29.8 Å². The largest absolute Gasteiger partial charge is 0.491 e. The zero-order valence-corrected chi connectivity index (χ0v) is 15.2. The number of piperidine rings is 1. The molecular weight excluding hydrogens is 288 g/mol. The van der Waals surface area contributed by atoms with E-state index >= 15 is 0 Å². The van der Waals surface area contributed by atoms with Gasteiger partial charge in [-0.2, -0.15) is 0 Å². The van der Waals surface area contributed by atoms with E-state index < -0.39 is 0 Å². The summed E-state index contributed by atoms with van der Waals surface area (Å²) in [6.07, 6.45) is 1.99. The molecule has 2 rings (SSSR count). The summed E-state index contributed by atoms with van der Waals surface area (Å²) in [6.45, 7) is 12.7. The van der Waals surface area contributed by atoms with Gasteiger partial charge in [0, 0.05) is 22.7 Å². The van der Waals surface area contributed by atoms with E-state index in [9.17, 15) is 4.79 Å². The highest BCUT2D eigenvalue weighted by Gasteiger charge is 2.38. The lowest BCUT2D eigenvalue weighted by Crippen LogP contribution is -2.62. The van der Waals surface area contributed by atoms with Gasteiger partial charge in [0.25, 0.3) is 5.91 Å². The van der Waals surface area contributed by atoms with E-state index in [0.29, 0.717) is 5.56 Å². The molecule has 23 heavy (non-hydrogen) atoms. The Labute approximate surface area is 140 Å². The number of hydrogen-bond donors (Lipinski definition) is 2. The van der Waals surface area contributed by atoms with Gasteiger partial charge in [-0.15, -0.1) is 0 Å². The number of carbonyl (C=O) groups is 1. The van der Waals surface area contributed by atoms with Crippen molar-refractivity contribution in [1.82, 2.24) is 10.6 Å². The van der Waals surface area contributed by atoms with Gasteiger partial charge in [0.2, 0.25) is 0 Å². The summed E-state index contributed by atoms with van der Waals surface area (Å²) in [4.78, 5) is 12.5. The van der Waals surface area contributed by atoms with Gasteiger partial charge in [0.05, 0.1) is 6.10 Å². The van der Waals surface area contributed by atoms with Crippen molar-refractivity contribution in [3.63, 3.8) is 0 Å². The summed E-state index contributed by atoms with van der Waals surface area (Å²) in [5, 5.41) is 6.82. The van der Waals surface area contributed by atoms with Gasteiger partial charge in [-0.3, -0.25) is 4.79 Å². The van der Waals surface area contributed by atoms with E-state index in [-0.39, 0.29) is 29.1 Å². The first-order valence-corrected chi connectivity index (χ1v) is 8.43. The van der Waals surface area contributed by atoms with Gasteiger partial charge in [0.1, 0.15) is 5.75 Å². The molecule has 1 fully saturated rings. The molecule has 0 aliphatic carbocycles. The molecule has 0 saturated carbocycles. The zero-order valence-electron chi connectivity index (χ0n) is 15.2. The van der Waals surface area contributed by atoms with Crippen molar-refractivity contribution in [2.75, 3.05) is 0 Å². The first-order chi connectivity index (χ1) is 10.6. The number of carbonyl (C=O) groups excluding carboxylic acids is 1. The summed E-state index contributed by atoms with van der Waals surface area (Å²) < 4.78 is 5.61. The highest BCUT2D eigenvalue weighted by molar-refractivity contribution is 5.94. The number of rotatable bonds is 4. The minimum atomic E-state index is -0.0143. The molecule has 1 heterocycles. The number of hydrogen-bond acceptors (Lipinski definition) is 3. The Hall–Kier alpha value is -1.55. The molecule has 1 amide bonds. The van der Waals surface area contributed by atoms with Crippen LogP contribution in [0.1, 0.15) is 64.7 Å². The van der Waals surface area contributed by atoms with Crippen molar-refractivity contribution < 1.29 is 9.53 Å². The summed E-state index contributed by atoms with van der Waals surface area (Å²) >= 11 is 0. The number of amides is 1. The average molecular weight is 318 g/mol. The molecule has 0 bridgehead atoms. The molecule has 0 unspecified atom stereocenters. The van der Waals surface area contributed by atoms with Crippen LogP contribution >= 0.6 is 0 Å². The molecule has 4 nitrogen and oxygen atoms in total. The Kier molecular flexibility index (Phi) is 5.04. The van der Waals surface area contributed by atoms with Gasteiger partial charge in [-0.25, -0.2) is 0 Å². The number of ether oxygens (including phenoxy) is 1. The molecule has 1 aromatic carbocycles. The summed E-state index contributed by atoms with van der Waals surface area (Å²) in [7, 11) is 0. The van der Waals surface area contributed by atoms with Gasteiger partial charge in [0.15, 0.2) is 0 Å². The van der Waals surface area contributed by atoms with E-state index in [1.165, 1.54) is 0 Å². The lowest BCUT2D eigenvalue weighted by Gasteiger charge is -2.46. The SMILES string of the molecule is CC(C)Oc1ccc(C(=O)NC2CC(C)(C)NC(C)(C)C2)cc1. The predicted molar refractivity (Wildman–Crippen MR) is 94.0 cm³/mol. The van der Waals surface area contributed by atoms with Gasteiger partial charge < -0.3 is 15.4 Å². The quantitative estimate of drug-likeness (QED) is 0.893. The van der Waals surface area contributed by atoms with Crippen LogP contribution in [0.2, 0.25) is 0 Å². The van der Waals surface area contributed by atoms with E-state index in [4.69, 9.17) is 4.74 Å². The third-order valence-electron chi connectivity index (χ3n) is 4.01. The minimum Gasteiger partial charge on any atom is -0.491 e. The third kappa shape index (κ3) is 5.24. The van der Waals surface area contributed by atoms with Crippen LogP contribution in [0.3, 0.4) is 0 Å². The number of benzene rings is 1. The fourth-order valence-electron chi connectivity index (χ4n) is 3.65. The molecule has 128 valence electrons. The molecule has 0 atom stereocenters. The van der Waals surface area contributed by atoms with Crippen molar-refractivity contribution >= 4 is 5.91 Å². The Morgan fingerprint density at radius 3 is 2.13 bits per heavy atom. The maximum absolute atomic E-state index is 12.5. The topological polar surface area (TPSA) is 50.4 Å². The van der Waals surface area contributed by atoms with Gasteiger partial charge >= 0.3 is 0 Å². The van der Waals surface area contributed by atoms with Crippen LogP contribution in [0.5, 0.6) is 5.75 Å². The standard InChI is InChI=1S/C19H30N2O2/c1-13(2)23-16-9-7-14(8-10-16)17(22)20-15-11-18(3,4)21-19(5,6)12-15/h7-10,13,15,21H,11-12H2,1-6H3,(H,20,22). The first kappa shape index (κ1) is 17.8. The molecule has 1 aliphatic rings. The molecule has 2 N–H and O–H groups in total. The summed E-state index contributed by atoms with van der Waals surface area (Å²) in [6, 6.07) is 7.53. The number of nitrogens with one attached hydrogen (secondary N) is 2. The van der Waals surface area contributed by atoms with Gasteiger partial charge in [-0.1, -0.05) is 0 Å². The Morgan fingerprint density at radius 1 is 1.13 bits per heavy atom. The highest BCUT2D eigenvalue weighted by Crippen LogP contribution is 2.28. The molecule has 1 aromatic rings. The molecule has 0 spiro atoms. The Morgan fingerprint density at radius 2 is 1.65 bits per heavy atom. The zero-order chi connectivity index (χ0) is 17.3. The van der Waals surface area contributed by atoms with E-state index in [2.05, 4.69) is 38.3 Å². The fourth-order valence-corrected chi connectivity index (χ4v) is 3.65. The van der Waals surface area contributed by atoms with Crippen molar-refractivity contribution in [2.24, 2.45) is 0 Å². The maximum atomic E-state index is 12.5. The lowest BCUT2D eigenvalue weighted by atomic mass is 9.79. The summed E-state index contributed by atoms with van der Waals surface area (Å²) in [5.41, 5.74) is 0.721. The minimum absolute atomic E-state index is 0.0143. The van der Waals surface area contributed by atoms with Gasteiger partial charge in [-0.05, 0) is 78.6 Å². The molecule has 1 aliphatic heterocycles. The van der Waals surface area contributed by atoms with Crippen molar-refractivity contribution in [1.29, 1.82) is 0 Å². The third-order valence-corrected chi connectivity index (χ3v) is 4.01. The van der Waals surface area contributed by atoms with E-state index in [0.717, 1.165) is 18.6 Å². The van der Waals surface area contributed by atoms with Crippen LogP contribution in [0.4, 0.5) is 0 Å². The smallest absolute Gasteiger partial charge is 0.251 e. The van der Waals surface area contributed by atoms with Crippen LogP contribution < -0.4 is 15.4 Å². The van der Waals surface area contributed by atoms with Crippen LogP contribution in [0.15, 0.2) is 24.3 Å². The lowest BCUT2D eigenvalue weighted by molar-refractivity contribution is 0.0873. The van der Waals surface area contributed by atoms with Crippen molar-refractivity contribution in [3.8, 4) is 5.75 Å². The molecule has 0 radical (unpaired) electrons. The first-order valence-electron chi connectivity index (χ1n) is 8.43. The predicted octanol–water partition coefficient (Wildman–Crippen LogP) is 3.51. The van der Waals surface area contributed by atoms with Crippen LogP contribution in [0.25, 0.3) is 0 Å². The monoisotopic (exact) mass is 318 g/mol. The molecule has 1 saturated heterocycles. The average Bonchev–Trinajstić information content (AvgIpc) is 2.34. The Bertz CT molecular complexity index is 531. The highest BCUT2D eigenvalue weighted by atomic mass is 16.5. The van der Waals surface area contributed by atoms with Crippen LogP contribution in [-0.2, 0) is 0 Å². The molecular formula is C19H30N2O2. The normalized spacial score (nSPS) is 20.3. The second kappa shape index (κ2) is 6.52. The second-order valence-electron chi connectivity index (χ2n) is 8.16. The van der Waals surface area contributed by atoms with Crippen LogP contribution in [-0.4, -0.2) is 29.1 Å². The molecule has 0 aromatic heterocycles. The second-order valence-corrected chi connectivity index (χ2v) is 8.16.